The maximum atomic E-state index is 12.8. The van der Waals surface area contributed by atoms with Gasteiger partial charge in [0.25, 0.3) is 5.91 Å². The van der Waals surface area contributed by atoms with E-state index in [0.29, 0.717) is 18.7 Å². The highest BCUT2D eigenvalue weighted by Crippen LogP contribution is 2.41. The molecule has 7 heteroatoms. The Balaban J connectivity index is 1.46. The number of amides is 1. The first-order chi connectivity index (χ1) is 13.0. The van der Waals surface area contributed by atoms with Gasteiger partial charge >= 0.3 is 0 Å². The zero-order valence-electron chi connectivity index (χ0n) is 15.6. The molecular formula is C20H25N5O2. The van der Waals surface area contributed by atoms with Crippen LogP contribution in [0.25, 0.3) is 0 Å². The normalized spacial score (nSPS) is 22.1. The van der Waals surface area contributed by atoms with Crippen LogP contribution in [-0.2, 0) is 0 Å². The molecule has 2 saturated heterocycles. The van der Waals surface area contributed by atoms with Gasteiger partial charge in [-0.3, -0.25) is 9.78 Å². The number of hydrogen-bond donors (Lipinski definition) is 1. The molecule has 0 aliphatic carbocycles. The summed E-state index contributed by atoms with van der Waals surface area (Å²) in [4.78, 5) is 29.5. The van der Waals surface area contributed by atoms with Crippen LogP contribution in [0.2, 0.25) is 0 Å². The Morgan fingerprint density at radius 3 is 2.81 bits per heavy atom. The minimum atomic E-state index is -0.479. The van der Waals surface area contributed by atoms with Crippen molar-refractivity contribution >= 4 is 11.7 Å². The number of piperidine rings is 2. The van der Waals surface area contributed by atoms with Crippen LogP contribution >= 0.6 is 0 Å². The zero-order chi connectivity index (χ0) is 18.9. The van der Waals surface area contributed by atoms with Crippen LogP contribution in [0.1, 0.15) is 35.3 Å². The number of aliphatic hydroxyl groups is 1. The minimum absolute atomic E-state index is 0.0336. The van der Waals surface area contributed by atoms with Crippen LogP contribution in [0.15, 0.2) is 36.9 Å². The molecular weight excluding hydrogens is 342 g/mol. The number of likely N-dealkylation sites (tertiary alicyclic amines) is 1. The predicted molar refractivity (Wildman–Crippen MR) is 101 cm³/mol. The first kappa shape index (κ1) is 17.9. The van der Waals surface area contributed by atoms with Crippen molar-refractivity contribution < 1.29 is 9.90 Å². The number of rotatable bonds is 2. The summed E-state index contributed by atoms with van der Waals surface area (Å²) in [5, 5.41) is 10.5. The Bertz CT molecular complexity index is 805. The molecule has 2 fully saturated rings. The first-order valence-corrected chi connectivity index (χ1v) is 9.46. The summed E-state index contributed by atoms with van der Waals surface area (Å²) in [5.41, 5.74) is 1.51. The van der Waals surface area contributed by atoms with Crippen LogP contribution < -0.4 is 4.90 Å². The lowest BCUT2D eigenvalue weighted by Crippen LogP contribution is -2.55. The predicted octanol–water partition coefficient (Wildman–Crippen LogP) is 1.67. The van der Waals surface area contributed by atoms with Crippen molar-refractivity contribution in [3.63, 3.8) is 0 Å². The second-order valence-corrected chi connectivity index (χ2v) is 7.79. The second kappa shape index (κ2) is 7.23. The van der Waals surface area contributed by atoms with Crippen LogP contribution in [0.3, 0.4) is 0 Å². The molecule has 0 bridgehead atoms. The fourth-order valence-corrected chi connectivity index (χ4v) is 4.37. The van der Waals surface area contributed by atoms with E-state index >= 15 is 0 Å². The molecule has 1 unspecified atom stereocenters. The van der Waals surface area contributed by atoms with Crippen molar-refractivity contribution in [2.75, 3.05) is 31.1 Å². The van der Waals surface area contributed by atoms with Gasteiger partial charge < -0.3 is 14.9 Å². The molecule has 4 rings (SSSR count). The van der Waals surface area contributed by atoms with Crippen molar-refractivity contribution in [2.24, 2.45) is 5.41 Å². The van der Waals surface area contributed by atoms with Gasteiger partial charge in [0.1, 0.15) is 12.1 Å². The van der Waals surface area contributed by atoms with E-state index in [1.54, 1.807) is 35.8 Å². The monoisotopic (exact) mass is 367 g/mol. The van der Waals surface area contributed by atoms with Crippen molar-refractivity contribution in [2.45, 2.75) is 32.3 Å². The Hall–Kier alpha value is -2.54. The molecule has 142 valence electrons. The lowest BCUT2D eigenvalue weighted by atomic mass is 9.71. The van der Waals surface area contributed by atoms with E-state index < -0.39 is 6.10 Å². The Morgan fingerprint density at radius 1 is 1.30 bits per heavy atom. The molecule has 4 heterocycles. The van der Waals surface area contributed by atoms with E-state index in [9.17, 15) is 9.90 Å². The first-order valence-electron chi connectivity index (χ1n) is 9.46. The second-order valence-electron chi connectivity index (χ2n) is 7.79. The lowest BCUT2D eigenvalue weighted by Gasteiger charge is -2.49. The van der Waals surface area contributed by atoms with Gasteiger partial charge in [0, 0.05) is 50.3 Å². The molecule has 7 nitrogen and oxygen atoms in total. The third kappa shape index (κ3) is 3.78. The number of aliphatic hydroxyl groups excluding tert-OH is 1. The van der Waals surface area contributed by atoms with Gasteiger partial charge in [0.2, 0.25) is 0 Å². The molecule has 2 aliphatic heterocycles. The highest BCUT2D eigenvalue weighted by Gasteiger charge is 2.43. The lowest BCUT2D eigenvalue weighted by molar-refractivity contribution is -0.0150. The van der Waals surface area contributed by atoms with Gasteiger partial charge in [-0.2, -0.15) is 0 Å². The molecule has 2 aromatic rings. The van der Waals surface area contributed by atoms with E-state index in [4.69, 9.17) is 0 Å². The Labute approximate surface area is 159 Å². The summed E-state index contributed by atoms with van der Waals surface area (Å²) in [7, 11) is 0. The Kier molecular flexibility index (Phi) is 4.78. The molecule has 0 radical (unpaired) electrons. The van der Waals surface area contributed by atoms with Crippen LogP contribution in [0.4, 0.5) is 5.82 Å². The van der Waals surface area contributed by atoms with Gasteiger partial charge in [-0.1, -0.05) is 0 Å². The van der Waals surface area contributed by atoms with E-state index in [0.717, 1.165) is 43.9 Å². The molecule has 1 spiro atoms. The number of β-amino-alcohol motifs (C(OH)–C–C–N with tert-alkyl or cyclic N) is 1. The summed E-state index contributed by atoms with van der Waals surface area (Å²) in [6.07, 6.45) is 7.00. The molecule has 1 amide bonds. The Morgan fingerprint density at radius 2 is 2.11 bits per heavy atom. The number of carbonyl (C=O) groups excluding carboxylic acids is 1. The fraction of sp³-hybridized carbons (Fsp3) is 0.500. The number of nitrogens with zero attached hydrogens (tertiary/aromatic N) is 5. The quantitative estimate of drug-likeness (QED) is 0.870. The van der Waals surface area contributed by atoms with E-state index in [-0.39, 0.29) is 11.3 Å². The molecule has 1 atom stereocenters. The van der Waals surface area contributed by atoms with Crippen LogP contribution in [0.5, 0.6) is 0 Å². The van der Waals surface area contributed by atoms with E-state index in [1.165, 1.54) is 0 Å². The van der Waals surface area contributed by atoms with E-state index in [2.05, 4.69) is 19.9 Å². The number of pyridine rings is 1. The molecule has 2 aromatic heterocycles. The van der Waals surface area contributed by atoms with Crippen molar-refractivity contribution in [1.29, 1.82) is 0 Å². The highest BCUT2D eigenvalue weighted by atomic mass is 16.3. The van der Waals surface area contributed by atoms with Crippen LogP contribution in [0, 0.1) is 12.3 Å². The SMILES string of the molecule is Cc1cc(N2CCC3(CC2)CC(O)CN(C(=O)c2cccnc2)C3)ncn1. The molecule has 1 N–H and O–H groups in total. The number of aromatic nitrogens is 3. The summed E-state index contributed by atoms with van der Waals surface area (Å²) in [6.45, 7) is 4.80. The number of hydrogen-bond acceptors (Lipinski definition) is 6. The average Bonchev–Trinajstić information content (AvgIpc) is 2.68. The van der Waals surface area contributed by atoms with E-state index in [1.807, 2.05) is 13.0 Å². The van der Waals surface area contributed by atoms with Crippen LogP contribution in [-0.4, -0.2) is 63.1 Å². The van der Waals surface area contributed by atoms with Gasteiger partial charge in [-0.05, 0) is 43.7 Å². The fourth-order valence-electron chi connectivity index (χ4n) is 4.37. The number of aryl methyl sites for hydroxylation is 1. The van der Waals surface area contributed by atoms with Crippen molar-refractivity contribution in [1.82, 2.24) is 19.9 Å². The maximum Gasteiger partial charge on any atom is 0.255 e. The topological polar surface area (TPSA) is 82.5 Å². The molecule has 2 aliphatic rings. The van der Waals surface area contributed by atoms with Gasteiger partial charge in [-0.25, -0.2) is 9.97 Å². The molecule has 0 saturated carbocycles. The van der Waals surface area contributed by atoms with Gasteiger partial charge in [0.15, 0.2) is 0 Å². The maximum absolute atomic E-state index is 12.8. The van der Waals surface area contributed by atoms with Crippen molar-refractivity contribution in [3.05, 3.63) is 48.2 Å². The van der Waals surface area contributed by atoms with Gasteiger partial charge in [0.05, 0.1) is 11.7 Å². The third-order valence-corrected chi connectivity index (χ3v) is 5.76. The summed E-state index contributed by atoms with van der Waals surface area (Å²) >= 11 is 0. The smallest absolute Gasteiger partial charge is 0.255 e. The standard InChI is InChI=1S/C20H25N5O2/c1-15-9-18(23-14-22-15)24-7-4-20(5-8-24)10-17(26)12-25(13-20)19(27)16-3-2-6-21-11-16/h2-3,6,9,11,14,17,26H,4-5,7-8,10,12-13H2,1H3. The average molecular weight is 367 g/mol. The third-order valence-electron chi connectivity index (χ3n) is 5.76. The summed E-state index contributed by atoms with van der Waals surface area (Å²) in [5.74, 6) is 0.909. The summed E-state index contributed by atoms with van der Waals surface area (Å²) in [6, 6.07) is 5.56. The largest absolute Gasteiger partial charge is 0.391 e. The minimum Gasteiger partial charge on any atom is -0.391 e. The van der Waals surface area contributed by atoms with Gasteiger partial charge in [-0.15, -0.1) is 0 Å². The van der Waals surface area contributed by atoms with Crippen molar-refractivity contribution in [3.8, 4) is 0 Å². The zero-order valence-corrected chi connectivity index (χ0v) is 15.6. The number of carbonyl (C=O) groups is 1. The summed E-state index contributed by atoms with van der Waals surface area (Å²) < 4.78 is 0. The molecule has 0 aromatic carbocycles. The highest BCUT2D eigenvalue weighted by molar-refractivity contribution is 5.94. The molecule has 27 heavy (non-hydrogen) atoms. The number of anilines is 1.